The Hall–Kier alpha value is -1.73. The minimum atomic E-state index is -0.658. The molecule has 1 heterocycles. The zero-order chi connectivity index (χ0) is 12.6. The van der Waals surface area contributed by atoms with Crippen molar-refractivity contribution in [2.24, 2.45) is 5.84 Å². The van der Waals surface area contributed by atoms with E-state index in [0.29, 0.717) is 11.4 Å². The number of hydrazine groups is 1. The fraction of sp³-hybridized carbons (Fsp3) is 0.200. The molecule has 1 aromatic carbocycles. The number of imide groups is 1. The first-order valence-electron chi connectivity index (χ1n) is 4.95. The molecular formula is C10H12N4O2S. The van der Waals surface area contributed by atoms with E-state index >= 15 is 0 Å². The lowest BCUT2D eigenvalue weighted by atomic mass is 10.2. The molecule has 1 aromatic rings. The quantitative estimate of drug-likeness (QED) is 0.273. The second-order valence-corrected chi connectivity index (χ2v) is 4.99. The van der Waals surface area contributed by atoms with E-state index in [9.17, 15) is 9.59 Å². The number of hydrogen-bond donors (Lipinski definition) is 3. The number of amides is 3. The van der Waals surface area contributed by atoms with Crippen LogP contribution in [-0.4, -0.2) is 17.2 Å². The molecule has 0 spiro atoms. The van der Waals surface area contributed by atoms with Crippen LogP contribution in [0.25, 0.3) is 0 Å². The van der Waals surface area contributed by atoms with E-state index in [1.165, 1.54) is 11.8 Å². The van der Waals surface area contributed by atoms with Gasteiger partial charge in [-0.25, -0.2) is 15.5 Å². The van der Waals surface area contributed by atoms with Crippen molar-refractivity contribution >= 4 is 35.1 Å². The fourth-order valence-electron chi connectivity index (χ4n) is 1.62. The van der Waals surface area contributed by atoms with Gasteiger partial charge >= 0.3 is 6.03 Å². The van der Waals surface area contributed by atoms with Crippen LogP contribution < -0.4 is 21.9 Å². The summed E-state index contributed by atoms with van der Waals surface area (Å²) >= 11 is 1.39. The number of carbonyl (C=O) groups is 2. The van der Waals surface area contributed by atoms with Crippen LogP contribution in [0.2, 0.25) is 0 Å². The second-order valence-electron chi connectivity index (χ2n) is 3.61. The summed E-state index contributed by atoms with van der Waals surface area (Å²) in [7, 11) is 0. The van der Waals surface area contributed by atoms with Gasteiger partial charge in [0, 0.05) is 10.6 Å². The van der Waals surface area contributed by atoms with Crippen LogP contribution in [0.15, 0.2) is 23.1 Å². The number of nitrogen functional groups attached to an aromatic ring is 1. The monoisotopic (exact) mass is 252 g/mol. The Morgan fingerprint density at radius 2 is 2.24 bits per heavy atom. The number of nitrogens with one attached hydrogen (secondary N) is 1. The number of urea groups is 1. The summed E-state index contributed by atoms with van der Waals surface area (Å²) in [5.74, 6) is 4.77. The molecule has 1 aliphatic rings. The van der Waals surface area contributed by atoms with Gasteiger partial charge < -0.3 is 5.73 Å². The summed E-state index contributed by atoms with van der Waals surface area (Å²) in [6.45, 7) is 1.74. The molecule has 1 unspecified atom stereocenters. The van der Waals surface area contributed by atoms with Crippen LogP contribution in [0.3, 0.4) is 0 Å². The zero-order valence-corrected chi connectivity index (χ0v) is 9.95. The Kier molecular flexibility index (Phi) is 2.95. The van der Waals surface area contributed by atoms with E-state index in [4.69, 9.17) is 11.6 Å². The summed E-state index contributed by atoms with van der Waals surface area (Å²) < 4.78 is 0. The van der Waals surface area contributed by atoms with Gasteiger partial charge in [0.2, 0.25) is 5.91 Å². The lowest BCUT2D eigenvalue weighted by Crippen LogP contribution is -2.50. The van der Waals surface area contributed by atoms with Crippen LogP contribution in [-0.2, 0) is 4.79 Å². The van der Waals surface area contributed by atoms with Crippen molar-refractivity contribution in [2.45, 2.75) is 17.1 Å². The summed E-state index contributed by atoms with van der Waals surface area (Å²) in [6, 6.07) is 4.44. The molecule has 0 radical (unpaired) electrons. The smallest absolute Gasteiger partial charge is 0.342 e. The molecule has 5 N–H and O–H groups in total. The van der Waals surface area contributed by atoms with Crippen molar-refractivity contribution < 1.29 is 9.59 Å². The maximum atomic E-state index is 11.9. The van der Waals surface area contributed by atoms with Gasteiger partial charge in [0.25, 0.3) is 0 Å². The lowest BCUT2D eigenvalue weighted by molar-refractivity contribution is -0.117. The summed E-state index contributed by atoms with van der Waals surface area (Å²) in [5, 5.41) is -0.330. The van der Waals surface area contributed by atoms with Crippen LogP contribution >= 0.6 is 11.8 Å². The number of benzene rings is 1. The molecule has 2 rings (SSSR count). The molecule has 6 nitrogen and oxygen atoms in total. The number of hydrogen-bond acceptors (Lipinski definition) is 5. The van der Waals surface area contributed by atoms with Crippen LogP contribution in [0.5, 0.6) is 0 Å². The molecular weight excluding hydrogens is 240 g/mol. The van der Waals surface area contributed by atoms with Gasteiger partial charge in [0.15, 0.2) is 0 Å². The van der Waals surface area contributed by atoms with Crippen molar-refractivity contribution in [3.63, 3.8) is 0 Å². The number of thioether (sulfide) groups is 1. The van der Waals surface area contributed by atoms with Gasteiger partial charge in [-0.3, -0.25) is 10.2 Å². The lowest BCUT2D eigenvalue weighted by Gasteiger charge is -2.30. The van der Waals surface area contributed by atoms with Gasteiger partial charge in [-0.2, -0.15) is 0 Å². The molecule has 0 aromatic heterocycles. The third kappa shape index (κ3) is 1.94. The van der Waals surface area contributed by atoms with E-state index in [0.717, 1.165) is 9.80 Å². The molecule has 3 amide bonds. The number of fused-ring (bicyclic) bond motifs is 1. The highest BCUT2D eigenvalue weighted by Crippen LogP contribution is 2.39. The SMILES string of the molecule is CC1Sc2ccc(N)cc2N(C(=O)NN)C1=O. The van der Waals surface area contributed by atoms with Gasteiger partial charge in [0.05, 0.1) is 10.9 Å². The van der Waals surface area contributed by atoms with E-state index < -0.39 is 6.03 Å². The van der Waals surface area contributed by atoms with Crippen LogP contribution in [0.4, 0.5) is 16.2 Å². The van der Waals surface area contributed by atoms with Gasteiger partial charge in [0.1, 0.15) is 0 Å². The number of carbonyl (C=O) groups excluding carboxylic acids is 2. The van der Waals surface area contributed by atoms with Gasteiger partial charge in [-0.1, -0.05) is 0 Å². The number of nitrogens with zero attached hydrogens (tertiary/aromatic N) is 1. The first-order valence-corrected chi connectivity index (χ1v) is 5.83. The first kappa shape index (κ1) is 11.7. The van der Waals surface area contributed by atoms with Crippen molar-refractivity contribution in [1.82, 2.24) is 5.43 Å². The predicted molar refractivity (Wildman–Crippen MR) is 66.4 cm³/mol. The predicted octanol–water partition coefficient (Wildman–Crippen LogP) is 0.679. The maximum Gasteiger partial charge on any atom is 0.342 e. The van der Waals surface area contributed by atoms with E-state index in [-0.39, 0.29) is 11.2 Å². The largest absolute Gasteiger partial charge is 0.399 e. The van der Waals surface area contributed by atoms with Crippen molar-refractivity contribution in [3.05, 3.63) is 18.2 Å². The topological polar surface area (TPSA) is 101 Å². The minimum absolute atomic E-state index is 0.309. The molecule has 0 saturated heterocycles. The highest BCUT2D eigenvalue weighted by molar-refractivity contribution is 8.01. The minimum Gasteiger partial charge on any atom is -0.399 e. The van der Waals surface area contributed by atoms with Gasteiger partial charge in [-0.15, -0.1) is 11.8 Å². The van der Waals surface area contributed by atoms with E-state index in [1.807, 2.05) is 5.43 Å². The molecule has 0 aliphatic carbocycles. The molecule has 7 heteroatoms. The molecule has 17 heavy (non-hydrogen) atoms. The van der Waals surface area contributed by atoms with Crippen molar-refractivity contribution in [2.75, 3.05) is 10.6 Å². The van der Waals surface area contributed by atoms with E-state index in [2.05, 4.69) is 0 Å². The maximum absolute atomic E-state index is 11.9. The van der Waals surface area contributed by atoms with Crippen LogP contribution in [0, 0.1) is 0 Å². The Balaban J connectivity index is 2.54. The molecule has 0 fully saturated rings. The van der Waals surface area contributed by atoms with E-state index in [1.54, 1.807) is 25.1 Å². The standard InChI is InChI=1S/C10H12N4O2S/c1-5-9(15)14(10(16)13-12)7-4-6(11)2-3-8(7)17-5/h2-5H,11-12H2,1H3,(H,13,16). The summed E-state index contributed by atoms with van der Waals surface area (Å²) in [5.41, 5.74) is 8.58. The second kappa shape index (κ2) is 4.27. The normalized spacial score (nSPS) is 18.8. The number of nitrogens with two attached hydrogens (primary N) is 2. The number of anilines is 2. The molecule has 0 saturated carbocycles. The molecule has 0 bridgehead atoms. The third-order valence-electron chi connectivity index (χ3n) is 2.42. The molecule has 90 valence electrons. The van der Waals surface area contributed by atoms with Gasteiger partial charge in [-0.05, 0) is 25.1 Å². The average Bonchev–Trinajstić information content (AvgIpc) is 2.31. The Morgan fingerprint density at radius 1 is 1.53 bits per heavy atom. The fourth-order valence-corrected chi connectivity index (χ4v) is 2.63. The zero-order valence-electron chi connectivity index (χ0n) is 9.14. The summed E-state index contributed by atoms with van der Waals surface area (Å²) in [6.07, 6.45) is 0. The Morgan fingerprint density at radius 3 is 2.88 bits per heavy atom. The van der Waals surface area contributed by atoms with Crippen molar-refractivity contribution in [3.8, 4) is 0 Å². The first-order chi connectivity index (χ1) is 8.04. The Bertz CT molecular complexity index is 491. The third-order valence-corrected chi connectivity index (χ3v) is 3.58. The summed E-state index contributed by atoms with van der Waals surface area (Å²) in [4.78, 5) is 25.4. The Labute approximate surface area is 102 Å². The highest BCUT2D eigenvalue weighted by Gasteiger charge is 2.34. The van der Waals surface area contributed by atoms with Crippen LogP contribution in [0.1, 0.15) is 6.92 Å². The average molecular weight is 252 g/mol. The number of rotatable bonds is 0. The van der Waals surface area contributed by atoms with Crippen molar-refractivity contribution in [1.29, 1.82) is 0 Å². The molecule has 1 aliphatic heterocycles. The highest BCUT2D eigenvalue weighted by atomic mass is 32.2. The molecule has 1 atom stereocenters.